The number of nitrogens with two attached hydrogens (primary N) is 1. The number of H-pyrrole nitrogens is 2. The summed E-state index contributed by atoms with van der Waals surface area (Å²) in [6, 6.07) is 16.0. The van der Waals surface area contributed by atoms with Crippen LogP contribution < -0.4 is 11.1 Å². The van der Waals surface area contributed by atoms with Crippen LogP contribution in [0.15, 0.2) is 65.9 Å². The van der Waals surface area contributed by atoms with Crippen molar-refractivity contribution in [2.75, 3.05) is 33.2 Å². The van der Waals surface area contributed by atoms with Gasteiger partial charge in [-0.1, -0.05) is 76.2 Å². The standard InChI is InChI=1S/C42H54N10O4/c1-6-26(4)36(56-41(43)55)40(54)52-21-8-10-34(52)38-46-24-32(48-38)30-17-13-28(14-18-30)27-11-15-29(16-12-27)31-23-45-37(47-31)33-9-7-20-51(33)39(53)35(25(2)3)49-42-44-19-22-50(42)5/h11-18,23-26,33-36H,6-10,19-22H2,1-5H3,(H2,43,55)(H,44,49)(H,45,47)(H,46,48)/t26?,33-,34-,35-,36-/m0/s1. The molecule has 3 aliphatic rings. The van der Waals surface area contributed by atoms with E-state index in [1.807, 2.05) is 32.0 Å². The molecule has 7 rings (SSSR count). The highest BCUT2D eigenvalue weighted by atomic mass is 16.6. The Morgan fingerprint density at radius 3 is 1.75 bits per heavy atom. The number of guanidine groups is 1. The second-order valence-corrected chi connectivity index (χ2v) is 15.6. The van der Waals surface area contributed by atoms with Crippen LogP contribution in [0.25, 0.3) is 33.6 Å². The molecule has 4 aromatic rings. The Labute approximate surface area is 328 Å². The average Bonchev–Trinajstić information content (AvgIpc) is 4.05. The van der Waals surface area contributed by atoms with Gasteiger partial charge >= 0.3 is 6.09 Å². The molecule has 5 heterocycles. The molecule has 56 heavy (non-hydrogen) atoms. The maximum atomic E-state index is 13.9. The molecule has 14 nitrogen and oxygen atoms in total. The second-order valence-electron chi connectivity index (χ2n) is 15.6. The summed E-state index contributed by atoms with van der Waals surface area (Å²) in [7, 11) is 2.00. The van der Waals surface area contributed by atoms with Crippen LogP contribution >= 0.6 is 0 Å². The van der Waals surface area contributed by atoms with Gasteiger partial charge in [0.2, 0.25) is 5.91 Å². The molecule has 5 N–H and O–H groups in total. The molecule has 2 saturated heterocycles. The van der Waals surface area contributed by atoms with Crippen LogP contribution in [0.3, 0.4) is 0 Å². The number of amides is 3. The Balaban J connectivity index is 0.997. The molecule has 2 fully saturated rings. The van der Waals surface area contributed by atoms with Crippen LogP contribution in [0.5, 0.6) is 0 Å². The molecule has 0 spiro atoms. The zero-order valence-corrected chi connectivity index (χ0v) is 33.0. The molecule has 3 amide bonds. The summed E-state index contributed by atoms with van der Waals surface area (Å²) in [6.07, 6.45) is 5.87. The molecule has 0 radical (unpaired) electrons. The predicted molar refractivity (Wildman–Crippen MR) is 215 cm³/mol. The summed E-state index contributed by atoms with van der Waals surface area (Å²) in [4.78, 5) is 65.8. The molecule has 1 unspecified atom stereocenters. The van der Waals surface area contributed by atoms with Crippen LogP contribution in [-0.2, 0) is 14.3 Å². The molecule has 14 heteroatoms. The lowest BCUT2D eigenvalue weighted by atomic mass is 10.00. The summed E-state index contributed by atoms with van der Waals surface area (Å²) in [5.41, 5.74) is 11.2. The van der Waals surface area contributed by atoms with Crippen LogP contribution in [0.4, 0.5) is 4.79 Å². The molecule has 2 aromatic heterocycles. The molecule has 0 bridgehead atoms. The van der Waals surface area contributed by atoms with E-state index in [0.29, 0.717) is 25.3 Å². The number of rotatable bonds is 12. The van der Waals surface area contributed by atoms with Crippen molar-refractivity contribution in [2.45, 2.75) is 84.0 Å². The minimum Gasteiger partial charge on any atom is -0.436 e. The molecule has 0 aliphatic carbocycles. The lowest BCUT2D eigenvalue weighted by Crippen LogP contribution is -2.53. The van der Waals surface area contributed by atoms with Gasteiger partial charge in [-0.2, -0.15) is 0 Å². The molecule has 296 valence electrons. The van der Waals surface area contributed by atoms with Crippen molar-refractivity contribution in [1.82, 2.24) is 40.0 Å². The first kappa shape index (κ1) is 38.6. The second kappa shape index (κ2) is 16.6. The van der Waals surface area contributed by atoms with Crippen LogP contribution in [0, 0.1) is 11.8 Å². The maximum absolute atomic E-state index is 13.9. The van der Waals surface area contributed by atoms with E-state index < -0.39 is 12.2 Å². The van der Waals surface area contributed by atoms with Gasteiger partial charge < -0.3 is 40.5 Å². The number of aromatic nitrogens is 4. The van der Waals surface area contributed by atoms with Crippen LogP contribution in [-0.4, -0.2) is 104 Å². The van der Waals surface area contributed by atoms with E-state index in [2.05, 4.69) is 92.5 Å². The summed E-state index contributed by atoms with van der Waals surface area (Å²) in [5.74, 6) is 2.10. The monoisotopic (exact) mass is 762 g/mol. The van der Waals surface area contributed by atoms with Gasteiger partial charge in [0, 0.05) is 32.6 Å². The fraction of sp³-hybridized carbons (Fsp3) is 0.476. The third-order valence-corrected chi connectivity index (χ3v) is 11.5. The Kier molecular flexibility index (Phi) is 11.4. The van der Waals surface area contributed by atoms with Gasteiger partial charge in [0.25, 0.3) is 5.91 Å². The molecular weight excluding hydrogens is 709 g/mol. The maximum Gasteiger partial charge on any atom is 0.405 e. The molecule has 2 aromatic carbocycles. The number of aliphatic imine (C=N–C) groups is 1. The Bertz CT molecular complexity index is 2040. The summed E-state index contributed by atoms with van der Waals surface area (Å²) < 4.78 is 5.27. The first-order chi connectivity index (χ1) is 27.0. The number of hydrogen-bond donors (Lipinski definition) is 4. The smallest absolute Gasteiger partial charge is 0.405 e. The Morgan fingerprint density at radius 1 is 0.804 bits per heavy atom. The number of likely N-dealkylation sites (tertiary alicyclic amines) is 2. The normalized spacial score (nSPS) is 20.0. The predicted octanol–water partition coefficient (Wildman–Crippen LogP) is 5.89. The van der Waals surface area contributed by atoms with E-state index in [1.165, 1.54) is 0 Å². The van der Waals surface area contributed by atoms with Gasteiger partial charge in [0.1, 0.15) is 17.7 Å². The van der Waals surface area contributed by atoms with Gasteiger partial charge in [-0.25, -0.2) is 14.8 Å². The lowest BCUT2D eigenvalue weighted by molar-refractivity contribution is -0.144. The number of carbonyl (C=O) groups excluding carboxylic acids is 3. The zero-order chi connectivity index (χ0) is 39.5. The highest BCUT2D eigenvalue weighted by molar-refractivity contribution is 5.90. The van der Waals surface area contributed by atoms with Crippen molar-refractivity contribution in [3.8, 4) is 33.6 Å². The van der Waals surface area contributed by atoms with Crippen molar-refractivity contribution in [3.05, 3.63) is 72.6 Å². The number of ether oxygens (including phenoxy) is 1. The van der Waals surface area contributed by atoms with Gasteiger partial charge in [0.05, 0.1) is 42.4 Å². The minimum absolute atomic E-state index is 0.0863. The summed E-state index contributed by atoms with van der Waals surface area (Å²) in [6.45, 7) is 10.8. The van der Waals surface area contributed by atoms with E-state index in [4.69, 9.17) is 15.5 Å². The van der Waals surface area contributed by atoms with E-state index in [-0.39, 0.29) is 41.8 Å². The summed E-state index contributed by atoms with van der Waals surface area (Å²) in [5, 5.41) is 3.43. The third-order valence-electron chi connectivity index (χ3n) is 11.5. The summed E-state index contributed by atoms with van der Waals surface area (Å²) >= 11 is 0. The number of primary amides is 1. The van der Waals surface area contributed by atoms with E-state index in [0.717, 1.165) is 84.2 Å². The van der Waals surface area contributed by atoms with Crippen molar-refractivity contribution in [3.63, 3.8) is 0 Å². The average molecular weight is 763 g/mol. The number of imidazole rings is 2. The largest absolute Gasteiger partial charge is 0.436 e. The van der Waals surface area contributed by atoms with E-state index in [9.17, 15) is 14.4 Å². The molecule has 5 atom stereocenters. The molecule has 3 aliphatic heterocycles. The Morgan fingerprint density at radius 2 is 1.30 bits per heavy atom. The lowest BCUT2D eigenvalue weighted by Gasteiger charge is -2.31. The number of likely N-dealkylation sites (N-methyl/N-ethyl adjacent to an activating group) is 1. The van der Waals surface area contributed by atoms with Crippen molar-refractivity contribution in [2.24, 2.45) is 22.6 Å². The van der Waals surface area contributed by atoms with Gasteiger partial charge in [-0.15, -0.1) is 0 Å². The SMILES string of the molecule is CCC(C)[C@H](OC(N)=O)C(=O)N1CCC[C@H]1c1ncc(-c2ccc(-c3ccc(-c4cnc([C@@H]5CCCN5C(=O)[C@@H](NC5=NCCN5C)C(C)C)[nH]4)cc3)cc2)[nH]1. The van der Waals surface area contributed by atoms with Crippen LogP contribution in [0.2, 0.25) is 0 Å². The fourth-order valence-corrected chi connectivity index (χ4v) is 8.05. The van der Waals surface area contributed by atoms with Gasteiger partial charge in [0.15, 0.2) is 12.1 Å². The number of nitrogens with one attached hydrogen (secondary N) is 3. The Hall–Kier alpha value is -5.66. The van der Waals surface area contributed by atoms with Crippen molar-refractivity contribution in [1.29, 1.82) is 0 Å². The highest BCUT2D eigenvalue weighted by Crippen LogP contribution is 2.35. The number of carbonyl (C=O) groups is 3. The topological polar surface area (TPSA) is 178 Å². The number of nitrogens with zero attached hydrogens (tertiary/aromatic N) is 6. The number of hydrogen-bond acceptors (Lipinski definition) is 9. The van der Waals surface area contributed by atoms with Gasteiger partial charge in [-0.3, -0.25) is 14.6 Å². The quantitative estimate of drug-likeness (QED) is 0.138. The third kappa shape index (κ3) is 8.00. The molecular formula is C42H54N10O4. The zero-order valence-electron chi connectivity index (χ0n) is 33.0. The van der Waals surface area contributed by atoms with Crippen LogP contribution in [0.1, 0.15) is 83.5 Å². The van der Waals surface area contributed by atoms with E-state index >= 15 is 0 Å². The first-order valence-electron chi connectivity index (χ1n) is 19.9. The van der Waals surface area contributed by atoms with E-state index in [1.54, 1.807) is 11.1 Å². The minimum atomic E-state index is -0.944. The fourth-order valence-electron chi connectivity index (χ4n) is 8.05. The van der Waals surface area contributed by atoms with Crippen molar-refractivity contribution < 1.29 is 19.1 Å². The number of aromatic amines is 2. The first-order valence-corrected chi connectivity index (χ1v) is 19.9. The molecule has 0 saturated carbocycles. The highest BCUT2D eigenvalue weighted by Gasteiger charge is 2.40. The van der Waals surface area contributed by atoms with Crippen molar-refractivity contribution >= 4 is 23.9 Å². The number of benzene rings is 2. The van der Waals surface area contributed by atoms with Gasteiger partial charge in [-0.05, 0) is 60.3 Å².